The molecule has 0 aromatic carbocycles. The molecule has 1 saturated carbocycles. The van der Waals surface area contributed by atoms with Crippen LogP contribution in [0.15, 0.2) is 0 Å². The van der Waals surface area contributed by atoms with Crippen LogP contribution >= 0.6 is 0 Å². The summed E-state index contributed by atoms with van der Waals surface area (Å²) in [4.78, 5) is 0. The van der Waals surface area contributed by atoms with Crippen molar-refractivity contribution in [1.29, 1.82) is 0 Å². The van der Waals surface area contributed by atoms with E-state index in [1.807, 2.05) is 0 Å². The highest BCUT2D eigenvalue weighted by Crippen LogP contribution is 2.52. The molecule has 0 aromatic heterocycles. The molecule has 0 spiro atoms. The largest absolute Gasteiger partial charge is 0.251 e. The van der Waals surface area contributed by atoms with Gasteiger partial charge in [0.05, 0.1) is 0 Å². The van der Waals surface area contributed by atoms with Gasteiger partial charge in [-0.2, -0.15) is 0 Å². The third-order valence-electron chi connectivity index (χ3n) is 4.01. The summed E-state index contributed by atoms with van der Waals surface area (Å²) in [5, 5.41) is 0. The van der Waals surface area contributed by atoms with Crippen molar-refractivity contribution >= 4 is 0 Å². The van der Waals surface area contributed by atoms with Crippen LogP contribution < -0.4 is 0 Å². The number of unbranched alkanes of at least 4 members (excludes halogenated alkanes) is 4. The smallest absolute Gasteiger partial charge is 0.207 e. The normalized spacial score (nSPS) is 23.6. The molecule has 17 heavy (non-hydrogen) atoms. The summed E-state index contributed by atoms with van der Waals surface area (Å²) in [7, 11) is 0. The molecule has 0 bridgehead atoms. The lowest BCUT2D eigenvalue weighted by atomic mass is 9.90. The molecular formula is C15H28F2. The van der Waals surface area contributed by atoms with Crippen LogP contribution in [0.5, 0.6) is 0 Å². The molecule has 0 amide bonds. The molecule has 1 fully saturated rings. The van der Waals surface area contributed by atoms with E-state index in [0.717, 1.165) is 12.8 Å². The molecule has 102 valence electrons. The average molecular weight is 246 g/mol. The Kier molecular flexibility index (Phi) is 6.43. The Labute approximate surface area is 105 Å². The fourth-order valence-corrected chi connectivity index (χ4v) is 2.66. The van der Waals surface area contributed by atoms with Crippen LogP contribution in [-0.2, 0) is 0 Å². The summed E-state index contributed by atoms with van der Waals surface area (Å²) >= 11 is 0. The number of halogens is 2. The SMILES string of the molecule is CCCCCCC(CCCC)CC1CC1(F)F. The molecule has 0 nitrogen and oxygen atoms in total. The van der Waals surface area contributed by atoms with Crippen molar-refractivity contribution in [1.82, 2.24) is 0 Å². The monoisotopic (exact) mass is 246 g/mol. The zero-order chi connectivity index (χ0) is 12.7. The van der Waals surface area contributed by atoms with Crippen molar-refractivity contribution < 1.29 is 8.78 Å². The fourth-order valence-electron chi connectivity index (χ4n) is 2.66. The van der Waals surface area contributed by atoms with Gasteiger partial charge in [-0.15, -0.1) is 0 Å². The number of rotatable bonds is 10. The van der Waals surface area contributed by atoms with Gasteiger partial charge >= 0.3 is 0 Å². The van der Waals surface area contributed by atoms with E-state index in [9.17, 15) is 8.78 Å². The first-order valence-electron chi connectivity index (χ1n) is 7.48. The van der Waals surface area contributed by atoms with Gasteiger partial charge in [0.2, 0.25) is 0 Å². The lowest BCUT2D eigenvalue weighted by Crippen LogP contribution is -2.05. The van der Waals surface area contributed by atoms with E-state index in [2.05, 4.69) is 13.8 Å². The number of hydrogen-bond donors (Lipinski definition) is 0. The topological polar surface area (TPSA) is 0 Å². The Morgan fingerprint density at radius 3 is 2.12 bits per heavy atom. The van der Waals surface area contributed by atoms with Gasteiger partial charge in [0.1, 0.15) is 0 Å². The predicted octanol–water partition coefficient (Wildman–Crippen LogP) is 5.81. The molecule has 2 heteroatoms. The molecule has 1 aliphatic carbocycles. The fraction of sp³-hybridized carbons (Fsp3) is 1.00. The zero-order valence-corrected chi connectivity index (χ0v) is 11.5. The molecule has 0 aromatic rings. The minimum absolute atomic E-state index is 0.157. The molecule has 0 saturated heterocycles. The molecule has 0 radical (unpaired) electrons. The number of hydrogen-bond acceptors (Lipinski definition) is 0. The van der Waals surface area contributed by atoms with E-state index in [4.69, 9.17) is 0 Å². The van der Waals surface area contributed by atoms with Gasteiger partial charge < -0.3 is 0 Å². The Bertz CT molecular complexity index is 201. The predicted molar refractivity (Wildman–Crippen MR) is 69.4 cm³/mol. The first kappa shape index (κ1) is 14.9. The quantitative estimate of drug-likeness (QED) is 0.427. The molecule has 0 N–H and O–H groups in total. The highest BCUT2D eigenvalue weighted by molar-refractivity contribution is 4.95. The third kappa shape index (κ3) is 5.83. The molecule has 2 unspecified atom stereocenters. The van der Waals surface area contributed by atoms with E-state index in [1.54, 1.807) is 0 Å². The summed E-state index contributed by atoms with van der Waals surface area (Å²) in [5.41, 5.74) is 0. The Morgan fingerprint density at radius 1 is 1.00 bits per heavy atom. The first-order chi connectivity index (χ1) is 8.10. The highest BCUT2D eigenvalue weighted by atomic mass is 19.3. The van der Waals surface area contributed by atoms with Gasteiger partial charge in [-0.25, -0.2) is 8.78 Å². The molecule has 0 aliphatic heterocycles. The van der Waals surface area contributed by atoms with Crippen LogP contribution in [0.1, 0.15) is 78.1 Å². The summed E-state index contributed by atoms with van der Waals surface area (Å²) in [5.74, 6) is -2.03. The summed E-state index contributed by atoms with van der Waals surface area (Å²) < 4.78 is 25.8. The molecular weight excluding hydrogens is 218 g/mol. The lowest BCUT2D eigenvalue weighted by Gasteiger charge is -2.16. The van der Waals surface area contributed by atoms with E-state index >= 15 is 0 Å². The second-order valence-electron chi connectivity index (χ2n) is 5.76. The Hall–Kier alpha value is -0.140. The Morgan fingerprint density at radius 2 is 1.59 bits per heavy atom. The van der Waals surface area contributed by atoms with E-state index in [0.29, 0.717) is 5.92 Å². The van der Waals surface area contributed by atoms with Crippen LogP contribution in [0.4, 0.5) is 8.78 Å². The summed E-state index contributed by atoms with van der Waals surface area (Å²) in [6.45, 7) is 4.39. The van der Waals surface area contributed by atoms with E-state index < -0.39 is 5.92 Å². The van der Waals surface area contributed by atoms with Crippen LogP contribution in [-0.4, -0.2) is 5.92 Å². The van der Waals surface area contributed by atoms with Crippen LogP contribution in [0.2, 0.25) is 0 Å². The van der Waals surface area contributed by atoms with Crippen LogP contribution in [0.25, 0.3) is 0 Å². The molecule has 1 rings (SSSR count). The van der Waals surface area contributed by atoms with Gasteiger partial charge in [-0.05, 0) is 12.3 Å². The van der Waals surface area contributed by atoms with Crippen molar-refractivity contribution in [2.75, 3.05) is 0 Å². The van der Waals surface area contributed by atoms with Crippen molar-refractivity contribution in [2.45, 2.75) is 84.0 Å². The lowest BCUT2D eigenvalue weighted by molar-refractivity contribution is 0.0917. The van der Waals surface area contributed by atoms with Crippen LogP contribution in [0, 0.1) is 11.8 Å². The van der Waals surface area contributed by atoms with E-state index in [-0.39, 0.29) is 12.3 Å². The minimum atomic E-state index is -2.31. The van der Waals surface area contributed by atoms with Gasteiger partial charge in [0.15, 0.2) is 0 Å². The molecule has 2 atom stereocenters. The van der Waals surface area contributed by atoms with Crippen molar-refractivity contribution in [2.24, 2.45) is 11.8 Å². The van der Waals surface area contributed by atoms with Crippen molar-refractivity contribution in [3.8, 4) is 0 Å². The molecule has 1 aliphatic rings. The minimum Gasteiger partial charge on any atom is -0.207 e. The maximum absolute atomic E-state index is 12.9. The maximum atomic E-state index is 12.9. The Balaban J connectivity index is 2.18. The second-order valence-corrected chi connectivity index (χ2v) is 5.76. The van der Waals surface area contributed by atoms with Crippen LogP contribution in [0.3, 0.4) is 0 Å². The maximum Gasteiger partial charge on any atom is 0.251 e. The first-order valence-corrected chi connectivity index (χ1v) is 7.48. The second kappa shape index (κ2) is 7.33. The van der Waals surface area contributed by atoms with Crippen molar-refractivity contribution in [3.05, 3.63) is 0 Å². The van der Waals surface area contributed by atoms with Gasteiger partial charge in [0, 0.05) is 12.3 Å². The van der Waals surface area contributed by atoms with E-state index in [1.165, 1.54) is 44.9 Å². The van der Waals surface area contributed by atoms with Gasteiger partial charge in [-0.1, -0.05) is 65.2 Å². The number of alkyl halides is 2. The molecule has 0 heterocycles. The summed E-state index contributed by atoms with van der Waals surface area (Å²) in [6, 6.07) is 0. The third-order valence-corrected chi connectivity index (χ3v) is 4.01. The van der Waals surface area contributed by atoms with Gasteiger partial charge in [-0.3, -0.25) is 0 Å². The highest BCUT2D eigenvalue weighted by Gasteiger charge is 2.56. The average Bonchev–Trinajstić information content (AvgIpc) is 2.88. The zero-order valence-electron chi connectivity index (χ0n) is 11.5. The summed E-state index contributed by atoms with van der Waals surface area (Å²) in [6.07, 6.45) is 10.7. The standard InChI is InChI=1S/C15H28F2/c1-3-5-7-8-10-13(9-6-4-2)11-14-12-15(14,16)17/h13-14H,3-12H2,1-2H3. The van der Waals surface area contributed by atoms with Gasteiger partial charge in [0.25, 0.3) is 5.92 Å². The van der Waals surface area contributed by atoms with Crippen molar-refractivity contribution in [3.63, 3.8) is 0 Å².